The van der Waals surface area contributed by atoms with Gasteiger partial charge in [-0.05, 0) is 12.1 Å². The van der Waals surface area contributed by atoms with Gasteiger partial charge >= 0.3 is 12.1 Å². The summed E-state index contributed by atoms with van der Waals surface area (Å²) < 4.78 is 62.5. The lowest BCUT2D eigenvalue weighted by Gasteiger charge is -2.13. The van der Waals surface area contributed by atoms with Crippen molar-refractivity contribution in [1.82, 2.24) is 9.78 Å². The number of rotatable bonds is 4. The number of benzene rings is 1. The topological polar surface area (TPSA) is 70.4 Å². The van der Waals surface area contributed by atoms with Crippen LogP contribution in [0.25, 0.3) is 11.3 Å². The molecule has 2 aromatic rings. The molecule has 0 bridgehead atoms. The lowest BCUT2D eigenvalue weighted by molar-refractivity contribution is -0.144. The molecule has 0 saturated heterocycles. The molecule has 0 amide bonds. The molecule has 0 aliphatic rings. The predicted molar refractivity (Wildman–Crippen MR) is 82.4 cm³/mol. The van der Waals surface area contributed by atoms with E-state index in [0.717, 1.165) is 26.3 Å². The molecule has 0 fully saturated rings. The summed E-state index contributed by atoms with van der Waals surface area (Å²) in [6.45, 7) is -0.542. The largest absolute Gasteiger partial charge is 0.480 e. The molecular weight excluding hydrogens is 384 g/mol. The van der Waals surface area contributed by atoms with Gasteiger partial charge in [-0.3, -0.25) is 9.48 Å². The van der Waals surface area contributed by atoms with Crippen LogP contribution < -0.4 is 10.2 Å². The zero-order valence-corrected chi connectivity index (χ0v) is 14.1. The standard InChI is InChI=1S/C15H11ClF4N2O4/c1-22-12(15(18,19)20)5-10(23)14(21-22)7-3-11(8(16)4-9(7)17)26-6-13(24)25-2/h3-5H,6H2,1-2H3. The Kier molecular flexibility index (Phi) is 5.55. The van der Waals surface area contributed by atoms with Gasteiger partial charge in [0.05, 0.1) is 12.1 Å². The van der Waals surface area contributed by atoms with Gasteiger partial charge in [-0.1, -0.05) is 11.6 Å². The Labute approximate surface area is 148 Å². The molecule has 1 aromatic heterocycles. The second kappa shape index (κ2) is 7.32. The number of aryl methyl sites for hydroxylation is 1. The highest BCUT2D eigenvalue weighted by atomic mass is 35.5. The van der Waals surface area contributed by atoms with E-state index < -0.39 is 46.9 Å². The van der Waals surface area contributed by atoms with Crippen LogP contribution in [0.1, 0.15) is 5.69 Å². The zero-order chi connectivity index (χ0) is 19.6. The second-order valence-electron chi connectivity index (χ2n) is 4.99. The Hall–Kier alpha value is -2.62. The van der Waals surface area contributed by atoms with E-state index in [-0.39, 0.29) is 10.8 Å². The van der Waals surface area contributed by atoms with Crippen LogP contribution in [0, 0.1) is 5.82 Å². The molecule has 0 N–H and O–H groups in total. The van der Waals surface area contributed by atoms with Crippen molar-refractivity contribution in [2.24, 2.45) is 7.05 Å². The van der Waals surface area contributed by atoms with Crippen molar-refractivity contribution < 1.29 is 31.8 Å². The van der Waals surface area contributed by atoms with Gasteiger partial charge < -0.3 is 9.47 Å². The quantitative estimate of drug-likeness (QED) is 0.589. The van der Waals surface area contributed by atoms with Crippen molar-refractivity contribution in [2.75, 3.05) is 13.7 Å². The highest BCUT2D eigenvalue weighted by Gasteiger charge is 2.34. The SMILES string of the molecule is COC(=O)COc1cc(-c2nn(C)c(C(F)(F)F)cc2=O)c(F)cc1Cl. The number of hydrogen-bond acceptors (Lipinski definition) is 5. The summed E-state index contributed by atoms with van der Waals surface area (Å²) in [5, 5.41) is 3.30. The van der Waals surface area contributed by atoms with Crippen molar-refractivity contribution in [3.63, 3.8) is 0 Å². The average molecular weight is 395 g/mol. The minimum absolute atomic E-state index is 0.169. The monoisotopic (exact) mass is 394 g/mol. The highest BCUT2D eigenvalue weighted by molar-refractivity contribution is 6.32. The summed E-state index contributed by atoms with van der Waals surface area (Å²) in [7, 11) is 2.09. The number of carbonyl (C=O) groups excluding carboxylic acids is 1. The summed E-state index contributed by atoms with van der Waals surface area (Å²) in [4.78, 5) is 23.1. The number of hydrogen-bond donors (Lipinski definition) is 0. The summed E-state index contributed by atoms with van der Waals surface area (Å²) >= 11 is 5.80. The first-order valence-corrected chi connectivity index (χ1v) is 7.27. The lowest BCUT2D eigenvalue weighted by Crippen LogP contribution is -2.23. The van der Waals surface area contributed by atoms with Gasteiger partial charge in [0, 0.05) is 18.7 Å². The van der Waals surface area contributed by atoms with Gasteiger partial charge in [0.25, 0.3) is 0 Å². The Morgan fingerprint density at radius 1 is 1.31 bits per heavy atom. The third kappa shape index (κ3) is 4.13. The molecule has 0 atom stereocenters. The Morgan fingerprint density at radius 2 is 1.96 bits per heavy atom. The van der Waals surface area contributed by atoms with Gasteiger partial charge in [-0.15, -0.1) is 0 Å². The number of esters is 1. The first-order chi connectivity index (χ1) is 12.0. The fourth-order valence-corrected chi connectivity index (χ4v) is 2.21. The number of alkyl halides is 3. The van der Waals surface area contributed by atoms with Gasteiger partial charge in [0.2, 0.25) is 5.43 Å². The Morgan fingerprint density at radius 3 is 2.54 bits per heavy atom. The van der Waals surface area contributed by atoms with E-state index in [1.54, 1.807) is 0 Å². The van der Waals surface area contributed by atoms with Crippen molar-refractivity contribution in [2.45, 2.75) is 6.18 Å². The smallest absolute Gasteiger partial charge is 0.433 e. The first kappa shape index (κ1) is 19.7. The minimum Gasteiger partial charge on any atom is -0.480 e. The molecule has 0 unspecified atom stereocenters. The molecule has 11 heteroatoms. The third-order valence-electron chi connectivity index (χ3n) is 3.24. The van der Waals surface area contributed by atoms with Crippen LogP contribution in [0.3, 0.4) is 0 Å². The minimum atomic E-state index is -4.80. The molecule has 2 rings (SSSR count). The van der Waals surface area contributed by atoms with Crippen molar-refractivity contribution in [3.8, 4) is 17.0 Å². The van der Waals surface area contributed by atoms with E-state index >= 15 is 0 Å². The van der Waals surface area contributed by atoms with Crippen LogP contribution >= 0.6 is 11.6 Å². The fraction of sp³-hybridized carbons (Fsp3) is 0.267. The Balaban J connectivity index is 2.53. The van der Waals surface area contributed by atoms with Crippen LogP contribution in [0.15, 0.2) is 23.0 Å². The maximum atomic E-state index is 14.2. The van der Waals surface area contributed by atoms with Gasteiger partial charge in [-0.2, -0.15) is 18.3 Å². The molecule has 1 heterocycles. The molecule has 0 spiro atoms. The van der Waals surface area contributed by atoms with Gasteiger partial charge in [-0.25, -0.2) is 9.18 Å². The highest BCUT2D eigenvalue weighted by Crippen LogP contribution is 2.33. The van der Waals surface area contributed by atoms with E-state index in [9.17, 15) is 27.2 Å². The molecule has 6 nitrogen and oxygen atoms in total. The maximum Gasteiger partial charge on any atom is 0.433 e. The molecule has 26 heavy (non-hydrogen) atoms. The number of ether oxygens (including phenoxy) is 2. The molecule has 140 valence electrons. The summed E-state index contributed by atoms with van der Waals surface area (Å²) in [6.07, 6.45) is -4.80. The molecule has 0 aliphatic heterocycles. The van der Waals surface area contributed by atoms with Crippen LogP contribution in [-0.4, -0.2) is 29.5 Å². The molecule has 0 saturated carbocycles. The normalized spacial score (nSPS) is 11.3. The Bertz CT molecular complexity index is 912. The second-order valence-corrected chi connectivity index (χ2v) is 5.40. The van der Waals surface area contributed by atoms with E-state index in [1.807, 2.05) is 0 Å². The number of carbonyl (C=O) groups is 1. The molecular formula is C15H11ClF4N2O4. The molecule has 0 radical (unpaired) electrons. The van der Waals surface area contributed by atoms with E-state index in [1.165, 1.54) is 0 Å². The summed E-state index contributed by atoms with van der Waals surface area (Å²) in [5.74, 6) is -1.91. The third-order valence-corrected chi connectivity index (χ3v) is 3.54. The maximum absolute atomic E-state index is 14.2. The lowest BCUT2D eigenvalue weighted by atomic mass is 10.1. The number of methoxy groups -OCH3 is 1. The number of halogens is 5. The first-order valence-electron chi connectivity index (χ1n) is 6.89. The molecule has 0 aliphatic carbocycles. The van der Waals surface area contributed by atoms with E-state index in [4.69, 9.17) is 16.3 Å². The predicted octanol–water partition coefficient (Wildman–Crippen LogP) is 2.81. The molecule has 1 aromatic carbocycles. The fourth-order valence-electron chi connectivity index (χ4n) is 2.01. The van der Waals surface area contributed by atoms with Gasteiger partial charge in [0.15, 0.2) is 6.61 Å². The average Bonchev–Trinajstić information content (AvgIpc) is 2.54. The summed E-state index contributed by atoms with van der Waals surface area (Å²) in [6, 6.07) is 2.07. The van der Waals surface area contributed by atoms with Crippen LogP contribution in [0.2, 0.25) is 5.02 Å². The number of nitrogens with zero attached hydrogens (tertiary/aromatic N) is 2. The van der Waals surface area contributed by atoms with Crippen LogP contribution in [0.4, 0.5) is 17.6 Å². The van der Waals surface area contributed by atoms with E-state index in [0.29, 0.717) is 10.7 Å². The zero-order valence-electron chi connectivity index (χ0n) is 13.4. The van der Waals surface area contributed by atoms with Crippen LogP contribution in [-0.2, 0) is 22.8 Å². The van der Waals surface area contributed by atoms with Crippen molar-refractivity contribution in [1.29, 1.82) is 0 Å². The van der Waals surface area contributed by atoms with Crippen molar-refractivity contribution in [3.05, 3.63) is 45.0 Å². The van der Waals surface area contributed by atoms with Crippen LogP contribution in [0.5, 0.6) is 5.75 Å². The number of aromatic nitrogens is 2. The van der Waals surface area contributed by atoms with Crippen molar-refractivity contribution >= 4 is 17.6 Å². The summed E-state index contributed by atoms with van der Waals surface area (Å²) in [5.41, 5.74) is -3.43. The van der Waals surface area contributed by atoms with E-state index in [2.05, 4.69) is 9.84 Å². The van der Waals surface area contributed by atoms with Gasteiger partial charge in [0.1, 0.15) is 23.0 Å².